The summed E-state index contributed by atoms with van der Waals surface area (Å²) in [6.07, 6.45) is 2.41. The van der Waals surface area contributed by atoms with Gasteiger partial charge < -0.3 is 14.6 Å². The summed E-state index contributed by atoms with van der Waals surface area (Å²) in [6, 6.07) is 23.2. The fourth-order valence-electron chi connectivity index (χ4n) is 4.23. The molecule has 1 N–H and O–H groups in total. The van der Waals surface area contributed by atoms with Crippen LogP contribution in [0.5, 0.6) is 0 Å². The van der Waals surface area contributed by atoms with Crippen molar-refractivity contribution in [2.24, 2.45) is 0 Å². The van der Waals surface area contributed by atoms with Crippen molar-refractivity contribution in [3.63, 3.8) is 0 Å². The molecule has 0 aliphatic rings. The number of carbonyl (C=O) groups is 1. The molecule has 4 aromatic rings. The summed E-state index contributed by atoms with van der Waals surface area (Å²) < 4.78 is 20.9. The van der Waals surface area contributed by atoms with Crippen LogP contribution in [0.15, 0.2) is 79.0 Å². The van der Waals surface area contributed by atoms with Gasteiger partial charge in [0.05, 0.1) is 6.61 Å². The largest absolute Gasteiger partial charge is 0.383 e. The Morgan fingerprint density at radius 3 is 2.48 bits per heavy atom. The highest BCUT2D eigenvalue weighted by Crippen LogP contribution is 2.35. The number of nitrogens with one attached hydrogen (secondary N) is 1. The summed E-state index contributed by atoms with van der Waals surface area (Å²) in [7, 11) is 1.61. The van der Waals surface area contributed by atoms with Crippen LogP contribution in [0.2, 0.25) is 0 Å². The van der Waals surface area contributed by atoms with Gasteiger partial charge in [-0.05, 0) is 41.8 Å². The van der Waals surface area contributed by atoms with Gasteiger partial charge in [0, 0.05) is 49.6 Å². The van der Waals surface area contributed by atoms with E-state index in [4.69, 9.17) is 4.74 Å². The summed E-state index contributed by atoms with van der Waals surface area (Å²) in [4.78, 5) is 12.8. The van der Waals surface area contributed by atoms with Gasteiger partial charge in [-0.25, -0.2) is 4.39 Å². The number of halogens is 1. The minimum Gasteiger partial charge on any atom is -0.383 e. The molecule has 0 bridgehead atoms. The van der Waals surface area contributed by atoms with Gasteiger partial charge in [-0.2, -0.15) is 0 Å². The molecular weight excluding hydrogens is 415 g/mol. The molecule has 0 saturated heterocycles. The molecule has 0 saturated carbocycles. The van der Waals surface area contributed by atoms with Crippen molar-refractivity contribution in [3.05, 3.63) is 107 Å². The summed E-state index contributed by atoms with van der Waals surface area (Å²) >= 11 is 0. The lowest BCUT2D eigenvalue weighted by Crippen LogP contribution is -2.28. The number of aromatic nitrogens is 1. The number of benzene rings is 3. The van der Waals surface area contributed by atoms with E-state index >= 15 is 0 Å². The Labute approximate surface area is 194 Å². The molecule has 3 aromatic carbocycles. The number of carbonyl (C=O) groups excluding carboxylic acids is 1. The average molecular weight is 445 g/mol. The minimum absolute atomic E-state index is 0.0586. The molecule has 5 heteroatoms. The molecule has 1 amide bonds. The minimum atomic E-state index is -0.288. The van der Waals surface area contributed by atoms with Crippen molar-refractivity contribution in [1.29, 1.82) is 0 Å². The summed E-state index contributed by atoms with van der Waals surface area (Å²) in [6.45, 7) is 3.73. The van der Waals surface area contributed by atoms with Crippen LogP contribution in [0.4, 0.5) is 4.39 Å². The first kappa shape index (κ1) is 22.7. The monoisotopic (exact) mass is 444 g/mol. The van der Waals surface area contributed by atoms with Crippen molar-refractivity contribution >= 4 is 16.8 Å². The fourth-order valence-corrected chi connectivity index (χ4v) is 4.23. The van der Waals surface area contributed by atoms with Gasteiger partial charge in [-0.3, -0.25) is 4.79 Å². The number of aryl methyl sites for hydroxylation is 1. The van der Waals surface area contributed by atoms with Crippen LogP contribution < -0.4 is 5.32 Å². The van der Waals surface area contributed by atoms with Gasteiger partial charge in [-0.1, -0.05) is 60.2 Å². The van der Waals surface area contributed by atoms with Gasteiger partial charge in [0.25, 0.3) is 0 Å². The standard InChI is InChI=1S/C28H29FN2O2/c1-20-7-9-21(10-8-20)18-31-19-26(24-5-3-4-6-27(24)31)25(17-28(32)30-15-16-33-2)22-11-13-23(29)14-12-22/h3-14,19,25H,15-18H2,1-2H3,(H,30,32)/t25-/m1/s1. The number of nitrogens with zero attached hydrogens (tertiary/aromatic N) is 1. The lowest BCUT2D eigenvalue weighted by Gasteiger charge is -2.17. The average Bonchev–Trinajstić information content (AvgIpc) is 3.18. The van der Waals surface area contributed by atoms with E-state index < -0.39 is 0 Å². The Bertz CT molecular complexity index is 1210. The van der Waals surface area contributed by atoms with E-state index in [0.29, 0.717) is 13.2 Å². The van der Waals surface area contributed by atoms with Gasteiger partial charge in [0.2, 0.25) is 5.91 Å². The number of amides is 1. The zero-order valence-corrected chi connectivity index (χ0v) is 19.1. The quantitative estimate of drug-likeness (QED) is 0.350. The lowest BCUT2D eigenvalue weighted by atomic mass is 9.88. The molecule has 1 aromatic heterocycles. The van der Waals surface area contributed by atoms with Crippen LogP contribution in [-0.2, 0) is 16.1 Å². The zero-order valence-electron chi connectivity index (χ0n) is 19.1. The first-order valence-electron chi connectivity index (χ1n) is 11.2. The second kappa shape index (κ2) is 10.5. The van der Waals surface area contributed by atoms with Crippen LogP contribution >= 0.6 is 0 Å². The number of para-hydroxylation sites is 1. The number of fused-ring (bicyclic) bond motifs is 1. The predicted molar refractivity (Wildman–Crippen MR) is 130 cm³/mol. The van der Waals surface area contributed by atoms with Crippen LogP contribution in [0, 0.1) is 12.7 Å². The van der Waals surface area contributed by atoms with Crippen molar-refractivity contribution in [2.75, 3.05) is 20.3 Å². The predicted octanol–water partition coefficient (Wildman–Crippen LogP) is 5.42. The van der Waals surface area contributed by atoms with Gasteiger partial charge in [0.15, 0.2) is 0 Å². The Morgan fingerprint density at radius 1 is 1.03 bits per heavy atom. The Kier molecular flexibility index (Phi) is 7.20. The van der Waals surface area contributed by atoms with E-state index in [2.05, 4.69) is 59.4 Å². The fraction of sp³-hybridized carbons (Fsp3) is 0.250. The van der Waals surface area contributed by atoms with E-state index in [1.54, 1.807) is 19.2 Å². The SMILES string of the molecule is COCCNC(=O)C[C@H](c1ccc(F)cc1)c1cn(Cc2ccc(C)cc2)c2ccccc12. The van der Waals surface area contributed by atoms with Gasteiger partial charge in [0.1, 0.15) is 5.82 Å². The number of methoxy groups -OCH3 is 1. The molecule has 0 aliphatic heterocycles. The molecule has 4 nitrogen and oxygen atoms in total. The van der Waals surface area contributed by atoms with Crippen molar-refractivity contribution in [2.45, 2.75) is 25.8 Å². The number of ether oxygens (including phenoxy) is 1. The normalized spacial score (nSPS) is 12.1. The number of rotatable bonds is 9. The molecule has 0 fully saturated rings. The van der Waals surface area contributed by atoms with Gasteiger partial charge in [-0.15, -0.1) is 0 Å². The second-order valence-corrected chi connectivity index (χ2v) is 8.37. The molecule has 0 radical (unpaired) electrons. The van der Waals surface area contributed by atoms with E-state index in [0.717, 1.165) is 28.6 Å². The Morgan fingerprint density at radius 2 is 1.76 bits per heavy atom. The van der Waals surface area contributed by atoms with Crippen molar-refractivity contribution in [3.8, 4) is 0 Å². The number of hydrogen-bond acceptors (Lipinski definition) is 2. The third-order valence-corrected chi connectivity index (χ3v) is 5.96. The molecule has 1 atom stereocenters. The number of hydrogen-bond donors (Lipinski definition) is 1. The third-order valence-electron chi connectivity index (χ3n) is 5.96. The smallest absolute Gasteiger partial charge is 0.221 e. The maximum absolute atomic E-state index is 13.7. The van der Waals surface area contributed by atoms with E-state index in [1.165, 1.54) is 23.3 Å². The van der Waals surface area contributed by atoms with Crippen molar-refractivity contribution < 1.29 is 13.9 Å². The molecule has 0 unspecified atom stereocenters. The first-order valence-corrected chi connectivity index (χ1v) is 11.2. The zero-order chi connectivity index (χ0) is 23.2. The summed E-state index contributed by atoms with van der Waals surface area (Å²) in [5.41, 5.74) is 5.53. The van der Waals surface area contributed by atoms with Crippen LogP contribution in [-0.4, -0.2) is 30.7 Å². The highest BCUT2D eigenvalue weighted by atomic mass is 19.1. The topological polar surface area (TPSA) is 43.3 Å². The molecule has 0 spiro atoms. The highest BCUT2D eigenvalue weighted by molar-refractivity contribution is 5.86. The van der Waals surface area contributed by atoms with Gasteiger partial charge >= 0.3 is 0 Å². The van der Waals surface area contributed by atoms with Crippen LogP contribution in [0.25, 0.3) is 10.9 Å². The van der Waals surface area contributed by atoms with E-state index in [-0.39, 0.29) is 24.1 Å². The summed E-state index contributed by atoms with van der Waals surface area (Å²) in [5.74, 6) is -0.544. The van der Waals surface area contributed by atoms with E-state index in [9.17, 15) is 9.18 Å². The summed E-state index contributed by atoms with van der Waals surface area (Å²) in [5, 5.41) is 4.02. The first-order chi connectivity index (χ1) is 16.0. The maximum Gasteiger partial charge on any atom is 0.221 e. The second-order valence-electron chi connectivity index (χ2n) is 8.37. The molecule has 170 valence electrons. The molecule has 0 aliphatic carbocycles. The lowest BCUT2D eigenvalue weighted by molar-refractivity contribution is -0.121. The van der Waals surface area contributed by atoms with Crippen LogP contribution in [0.3, 0.4) is 0 Å². The molecule has 4 rings (SSSR count). The van der Waals surface area contributed by atoms with Crippen molar-refractivity contribution in [1.82, 2.24) is 9.88 Å². The Balaban J connectivity index is 1.73. The third kappa shape index (κ3) is 5.49. The van der Waals surface area contributed by atoms with E-state index in [1.807, 2.05) is 12.1 Å². The van der Waals surface area contributed by atoms with Crippen LogP contribution in [0.1, 0.15) is 34.6 Å². The maximum atomic E-state index is 13.7. The highest BCUT2D eigenvalue weighted by Gasteiger charge is 2.23. The Hall–Kier alpha value is -3.44. The molecule has 1 heterocycles. The molecule has 33 heavy (non-hydrogen) atoms. The molecular formula is C28H29FN2O2.